The van der Waals surface area contributed by atoms with E-state index in [2.05, 4.69) is 15.8 Å². The summed E-state index contributed by atoms with van der Waals surface area (Å²) in [5.41, 5.74) is 5.09. The maximum absolute atomic E-state index is 10.3. The summed E-state index contributed by atoms with van der Waals surface area (Å²) >= 11 is 0. The molecule has 1 heterocycles. The maximum Gasteiger partial charge on any atom is 0.419 e. The first-order valence-electron chi connectivity index (χ1n) is 5.74. The van der Waals surface area contributed by atoms with Gasteiger partial charge >= 0.3 is 6.09 Å². The van der Waals surface area contributed by atoms with Crippen LogP contribution >= 0.6 is 0 Å². The van der Waals surface area contributed by atoms with Gasteiger partial charge in [-0.1, -0.05) is 0 Å². The molecule has 1 aliphatic carbocycles. The van der Waals surface area contributed by atoms with Gasteiger partial charge in [-0.15, -0.1) is 0 Å². The number of carbonyl (C=O) groups is 1. The Hall–Kier alpha value is -0.810. The summed E-state index contributed by atoms with van der Waals surface area (Å²) in [5.74, 6) is 0. The molecule has 5 nitrogen and oxygen atoms in total. The molecule has 2 fully saturated rings. The zero-order valence-electron chi connectivity index (χ0n) is 8.91. The molecule has 15 heavy (non-hydrogen) atoms. The minimum absolute atomic E-state index is 0.318. The molecule has 0 radical (unpaired) electrons. The van der Waals surface area contributed by atoms with Gasteiger partial charge in [-0.3, -0.25) is 5.43 Å². The number of nitrogens with one attached hydrogen (secondary N) is 2. The van der Waals surface area contributed by atoms with Gasteiger partial charge in [0, 0.05) is 12.1 Å². The highest BCUT2D eigenvalue weighted by Crippen LogP contribution is 2.25. The second kappa shape index (κ2) is 4.81. The average Bonchev–Trinajstić information content (AvgIpc) is 2.14. The van der Waals surface area contributed by atoms with E-state index in [4.69, 9.17) is 5.11 Å². The van der Waals surface area contributed by atoms with Crippen LogP contribution < -0.4 is 10.9 Å². The molecule has 0 aromatic heterocycles. The number of hydrogen-bond acceptors (Lipinski definition) is 3. The SMILES string of the molecule is O=C(O)NN[C@H]1CC[C@H](N2CCC2)CC1. The zero-order valence-corrected chi connectivity index (χ0v) is 8.91. The average molecular weight is 213 g/mol. The number of hydrogen-bond donors (Lipinski definition) is 3. The number of amides is 1. The Balaban J connectivity index is 1.65. The van der Waals surface area contributed by atoms with Crippen LogP contribution in [0.25, 0.3) is 0 Å². The van der Waals surface area contributed by atoms with Crippen molar-refractivity contribution in [3.8, 4) is 0 Å². The van der Waals surface area contributed by atoms with Crippen LogP contribution in [-0.2, 0) is 0 Å². The number of rotatable bonds is 3. The van der Waals surface area contributed by atoms with Crippen molar-refractivity contribution in [1.29, 1.82) is 0 Å². The highest BCUT2D eigenvalue weighted by Gasteiger charge is 2.28. The molecule has 2 aliphatic rings. The van der Waals surface area contributed by atoms with Gasteiger partial charge in [0.2, 0.25) is 0 Å². The molecule has 1 amide bonds. The Morgan fingerprint density at radius 2 is 1.87 bits per heavy atom. The van der Waals surface area contributed by atoms with Crippen molar-refractivity contribution in [3.05, 3.63) is 0 Å². The van der Waals surface area contributed by atoms with Gasteiger partial charge in [-0.2, -0.15) is 0 Å². The summed E-state index contributed by atoms with van der Waals surface area (Å²) in [6, 6.07) is 1.07. The second-order valence-corrected chi connectivity index (χ2v) is 4.47. The van der Waals surface area contributed by atoms with Crippen molar-refractivity contribution in [1.82, 2.24) is 15.8 Å². The van der Waals surface area contributed by atoms with E-state index in [0.29, 0.717) is 6.04 Å². The van der Waals surface area contributed by atoms with Gasteiger partial charge in [0.05, 0.1) is 0 Å². The summed E-state index contributed by atoms with van der Waals surface area (Å²) in [5, 5.41) is 8.45. The number of likely N-dealkylation sites (tertiary alicyclic amines) is 1. The van der Waals surface area contributed by atoms with Crippen LogP contribution in [0.4, 0.5) is 4.79 Å². The fourth-order valence-electron chi connectivity index (χ4n) is 2.45. The van der Waals surface area contributed by atoms with Crippen molar-refractivity contribution < 1.29 is 9.90 Å². The van der Waals surface area contributed by atoms with Crippen molar-refractivity contribution in [2.24, 2.45) is 0 Å². The number of hydrazine groups is 1. The minimum Gasteiger partial charge on any atom is -0.464 e. The van der Waals surface area contributed by atoms with E-state index in [-0.39, 0.29) is 0 Å². The molecule has 0 aromatic carbocycles. The van der Waals surface area contributed by atoms with E-state index < -0.39 is 6.09 Å². The van der Waals surface area contributed by atoms with E-state index in [1.165, 1.54) is 32.4 Å². The van der Waals surface area contributed by atoms with E-state index in [9.17, 15) is 4.79 Å². The van der Waals surface area contributed by atoms with Gasteiger partial charge in [-0.25, -0.2) is 10.2 Å². The fraction of sp³-hybridized carbons (Fsp3) is 0.900. The van der Waals surface area contributed by atoms with Crippen molar-refractivity contribution in [2.45, 2.75) is 44.2 Å². The van der Waals surface area contributed by atoms with Crippen LogP contribution in [0.3, 0.4) is 0 Å². The van der Waals surface area contributed by atoms with Crippen LogP contribution in [0, 0.1) is 0 Å². The van der Waals surface area contributed by atoms with Crippen LogP contribution in [0.5, 0.6) is 0 Å². The van der Waals surface area contributed by atoms with Crippen LogP contribution in [0.15, 0.2) is 0 Å². The van der Waals surface area contributed by atoms with E-state index in [0.717, 1.165) is 18.9 Å². The van der Waals surface area contributed by atoms with E-state index in [1.54, 1.807) is 0 Å². The molecule has 0 aromatic rings. The minimum atomic E-state index is -1.00. The smallest absolute Gasteiger partial charge is 0.419 e. The highest BCUT2D eigenvalue weighted by molar-refractivity contribution is 5.63. The Morgan fingerprint density at radius 3 is 2.33 bits per heavy atom. The van der Waals surface area contributed by atoms with E-state index >= 15 is 0 Å². The van der Waals surface area contributed by atoms with Crippen molar-refractivity contribution in [3.63, 3.8) is 0 Å². The summed E-state index contributed by atoms with van der Waals surface area (Å²) in [6.45, 7) is 2.52. The molecular weight excluding hydrogens is 194 g/mol. The molecule has 1 saturated heterocycles. The highest BCUT2D eigenvalue weighted by atomic mass is 16.4. The third-order valence-corrected chi connectivity index (χ3v) is 3.49. The molecular formula is C10H19N3O2. The van der Waals surface area contributed by atoms with Crippen LogP contribution in [0.2, 0.25) is 0 Å². The Morgan fingerprint density at radius 1 is 1.20 bits per heavy atom. The lowest BCUT2D eigenvalue weighted by atomic mass is 9.89. The Kier molecular flexibility index (Phi) is 3.43. The second-order valence-electron chi connectivity index (χ2n) is 4.47. The molecule has 0 spiro atoms. The first-order valence-corrected chi connectivity index (χ1v) is 5.74. The predicted molar refractivity (Wildman–Crippen MR) is 56.5 cm³/mol. The lowest BCUT2D eigenvalue weighted by Crippen LogP contribution is -2.50. The standard InChI is InChI=1S/C10H19N3O2/c14-10(15)12-11-8-2-4-9(5-3-8)13-6-1-7-13/h8-9,11-12H,1-7H2,(H,14,15)/t8-,9-. The molecule has 3 N–H and O–H groups in total. The molecule has 86 valence electrons. The molecule has 1 saturated carbocycles. The number of carboxylic acid groups (broad SMARTS) is 1. The first kappa shape index (κ1) is 10.7. The van der Waals surface area contributed by atoms with Gasteiger partial charge in [-0.05, 0) is 45.2 Å². The Bertz CT molecular complexity index is 223. The van der Waals surface area contributed by atoms with Gasteiger partial charge in [0.1, 0.15) is 0 Å². The topological polar surface area (TPSA) is 64.6 Å². The molecule has 5 heteroatoms. The molecule has 0 unspecified atom stereocenters. The van der Waals surface area contributed by atoms with Crippen molar-refractivity contribution in [2.75, 3.05) is 13.1 Å². The lowest BCUT2D eigenvalue weighted by molar-refractivity contribution is 0.0820. The van der Waals surface area contributed by atoms with E-state index in [1.807, 2.05) is 0 Å². The third kappa shape index (κ3) is 2.82. The lowest BCUT2D eigenvalue weighted by Gasteiger charge is -2.42. The first-order chi connectivity index (χ1) is 7.25. The molecule has 0 atom stereocenters. The van der Waals surface area contributed by atoms with Crippen LogP contribution in [-0.4, -0.2) is 41.3 Å². The van der Waals surface area contributed by atoms with Gasteiger partial charge in [0.25, 0.3) is 0 Å². The third-order valence-electron chi connectivity index (χ3n) is 3.49. The normalized spacial score (nSPS) is 32.0. The predicted octanol–water partition coefficient (Wildman–Crippen LogP) is 0.775. The summed E-state index contributed by atoms with van der Waals surface area (Å²) in [4.78, 5) is 12.8. The fourth-order valence-corrected chi connectivity index (χ4v) is 2.45. The summed E-state index contributed by atoms with van der Waals surface area (Å²) in [6.07, 6.45) is 4.87. The van der Waals surface area contributed by atoms with Gasteiger partial charge in [0.15, 0.2) is 0 Å². The summed E-state index contributed by atoms with van der Waals surface area (Å²) < 4.78 is 0. The van der Waals surface area contributed by atoms with Crippen molar-refractivity contribution >= 4 is 6.09 Å². The Labute approximate surface area is 89.8 Å². The molecule has 1 aliphatic heterocycles. The zero-order chi connectivity index (χ0) is 10.7. The largest absolute Gasteiger partial charge is 0.464 e. The quantitative estimate of drug-likeness (QED) is 0.606. The summed E-state index contributed by atoms with van der Waals surface area (Å²) in [7, 11) is 0. The molecule has 2 rings (SSSR count). The monoisotopic (exact) mass is 213 g/mol. The maximum atomic E-state index is 10.3. The van der Waals surface area contributed by atoms with Crippen LogP contribution in [0.1, 0.15) is 32.1 Å². The van der Waals surface area contributed by atoms with Gasteiger partial charge < -0.3 is 10.0 Å². The number of nitrogens with zero attached hydrogens (tertiary/aromatic N) is 1. The molecule has 0 bridgehead atoms.